The highest BCUT2D eigenvalue weighted by molar-refractivity contribution is 5.41. The molecule has 0 aliphatic heterocycles. The molecule has 1 aromatic rings. The third-order valence-electron chi connectivity index (χ3n) is 2.40. The van der Waals surface area contributed by atoms with Crippen molar-refractivity contribution in [3.63, 3.8) is 0 Å². The van der Waals surface area contributed by atoms with Crippen LogP contribution in [0.3, 0.4) is 0 Å². The summed E-state index contributed by atoms with van der Waals surface area (Å²) in [4.78, 5) is 0. The molecule has 1 N–H and O–H groups in total. The fraction of sp³-hybridized carbons (Fsp3) is 0.500. The van der Waals surface area contributed by atoms with Gasteiger partial charge in [-0.2, -0.15) is 0 Å². The van der Waals surface area contributed by atoms with Crippen molar-refractivity contribution < 1.29 is 19.3 Å². The third kappa shape index (κ3) is 3.12. The minimum atomic E-state index is -0.583. The lowest BCUT2D eigenvalue weighted by Gasteiger charge is -2.15. The number of aliphatic hydroxyl groups is 1. The molecule has 0 aromatic heterocycles. The highest BCUT2D eigenvalue weighted by Gasteiger charge is 2.13. The summed E-state index contributed by atoms with van der Waals surface area (Å²) in [6, 6.07) is 5.36. The van der Waals surface area contributed by atoms with Crippen molar-refractivity contribution in [1.82, 2.24) is 0 Å². The lowest BCUT2D eigenvalue weighted by atomic mass is 10.1. The number of ether oxygens (including phenoxy) is 3. The molecule has 0 spiro atoms. The second kappa shape index (κ2) is 6.35. The monoisotopic (exact) mass is 226 g/mol. The van der Waals surface area contributed by atoms with Gasteiger partial charge in [-0.3, -0.25) is 0 Å². The van der Waals surface area contributed by atoms with Crippen LogP contribution < -0.4 is 9.47 Å². The van der Waals surface area contributed by atoms with Gasteiger partial charge >= 0.3 is 0 Å². The van der Waals surface area contributed by atoms with Gasteiger partial charge in [0.05, 0.1) is 20.3 Å². The van der Waals surface area contributed by atoms with E-state index in [9.17, 15) is 5.11 Å². The zero-order chi connectivity index (χ0) is 12.0. The van der Waals surface area contributed by atoms with Crippen LogP contribution in [0.5, 0.6) is 11.5 Å². The molecule has 16 heavy (non-hydrogen) atoms. The highest BCUT2D eigenvalue weighted by atomic mass is 16.5. The number of aliphatic hydroxyl groups excluding tert-OH is 1. The van der Waals surface area contributed by atoms with Crippen molar-refractivity contribution in [2.45, 2.75) is 12.5 Å². The first kappa shape index (κ1) is 12.8. The van der Waals surface area contributed by atoms with Crippen molar-refractivity contribution in [2.24, 2.45) is 0 Å². The van der Waals surface area contributed by atoms with Crippen LogP contribution >= 0.6 is 0 Å². The number of rotatable bonds is 6. The SMILES string of the molecule is COCCC(O)c1ccc(OC)cc1OC. The van der Waals surface area contributed by atoms with Gasteiger partial charge in [-0.15, -0.1) is 0 Å². The smallest absolute Gasteiger partial charge is 0.128 e. The van der Waals surface area contributed by atoms with E-state index in [1.807, 2.05) is 0 Å². The third-order valence-corrected chi connectivity index (χ3v) is 2.40. The zero-order valence-corrected chi connectivity index (χ0v) is 9.90. The first-order valence-corrected chi connectivity index (χ1v) is 5.11. The Morgan fingerprint density at radius 1 is 1.19 bits per heavy atom. The lowest BCUT2D eigenvalue weighted by molar-refractivity contribution is 0.108. The molecule has 0 saturated heterocycles. The summed E-state index contributed by atoms with van der Waals surface area (Å²) < 4.78 is 15.2. The summed E-state index contributed by atoms with van der Waals surface area (Å²) in [5, 5.41) is 9.93. The van der Waals surface area contributed by atoms with Gasteiger partial charge < -0.3 is 19.3 Å². The first-order valence-electron chi connectivity index (χ1n) is 5.11. The number of hydrogen-bond donors (Lipinski definition) is 1. The van der Waals surface area contributed by atoms with Crippen molar-refractivity contribution >= 4 is 0 Å². The predicted molar refractivity (Wildman–Crippen MR) is 61.0 cm³/mol. The first-order chi connectivity index (χ1) is 7.72. The van der Waals surface area contributed by atoms with E-state index in [-0.39, 0.29) is 0 Å². The molecule has 0 saturated carbocycles. The molecule has 1 rings (SSSR count). The van der Waals surface area contributed by atoms with E-state index in [1.54, 1.807) is 39.5 Å². The van der Waals surface area contributed by atoms with E-state index in [0.29, 0.717) is 24.5 Å². The van der Waals surface area contributed by atoms with Gasteiger partial charge in [0.2, 0.25) is 0 Å². The molecule has 0 heterocycles. The Morgan fingerprint density at radius 3 is 2.50 bits per heavy atom. The van der Waals surface area contributed by atoms with Crippen molar-refractivity contribution in [1.29, 1.82) is 0 Å². The molecule has 0 bridgehead atoms. The van der Waals surface area contributed by atoms with Gasteiger partial charge in [-0.05, 0) is 12.1 Å². The van der Waals surface area contributed by atoms with Crippen LogP contribution in [0.4, 0.5) is 0 Å². The van der Waals surface area contributed by atoms with Crippen LogP contribution in [0.2, 0.25) is 0 Å². The molecule has 0 aliphatic carbocycles. The maximum absolute atomic E-state index is 9.93. The second-order valence-corrected chi connectivity index (χ2v) is 3.41. The topological polar surface area (TPSA) is 47.9 Å². The summed E-state index contributed by atoms with van der Waals surface area (Å²) in [6.07, 6.45) is -0.0417. The number of benzene rings is 1. The molecule has 90 valence electrons. The maximum atomic E-state index is 9.93. The van der Waals surface area contributed by atoms with Crippen molar-refractivity contribution in [2.75, 3.05) is 27.9 Å². The average Bonchev–Trinajstić information content (AvgIpc) is 2.34. The van der Waals surface area contributed by atoms with E-state index in [1.165, 1.54) is 0 Å². The predicted octanol–water partition coefficient (Wildman–Crippen LogP) is 1.77. The number of methoxy groups -OCH3 is 3. The van der Waals surface area contributed by atoms with Crippen LogP contribution in [0.25, 0.3) is 0 Å². The summed E-state index contributed by atoms with van der Waals surface area (Å²) in [5.41, 5.74) is 0.750. The summed E-state index contributed by atoms with van der Waals surface area (Å²) >= 11 is 0. The Bertz CT molecular complexity index is 325. The second-order valence-electron chi connectivity index (χ2n) is 3.41. The Balaban J connectivity index is 2.85. The van der Waals surface area contributed by atoms with Crippen LogP contribution in [0.1, 0.15) is 18.1 Å². The van der Waals surface area contributed by atoms with Crippen molar-refractivity contribution in [3.8, 4) is 11.5 Å². The van der Waals surface area contributed by atoms with Gasteiger partial charge in [0.25, 0.3) is 0 Å². The standard InChI is InChI=1S/C12H18O4/c1-14-7-6-11(13)10-5-4-9(15-2)8-12(10)16-3/h4-5,8,11,13H,6-7H2,1-3H3. The van der Waals surface area contributed by atoms with Crippen LogP contribution in [0, 0.1) is 0 Å². The molecule has 0 fully saturated rings. The van der Waals surface area contributed by atoms with Crippen molar-refractivity contribution in [3.05, 3.63) is 23.8 Å². The summed E-state index contributed by atoms with van der Waals surface area (Å²) in [5.74, 6) is 1.34. The molecule has 0 radical (unpaired) electrons. The average molecular weight is 226 g/mol. The summed E-state index contributed by atoms with van der Waals surface area (Å²) in [7, 11) is 4.77. The van der Waals surface area contributed by atoms with E-state index in [2.05, 4.69) is 0 Å². The molecular weight excluding hydrogens is 208 g/mol. The molecular formula is C12H18O4. The van der Waals surface area contributed by atoms with Crippen LogP contribution in [-0.4, -0.2) is 33.0 Å². The van der Waals surface area contributed by atoms with E-state index >= 15 is 0 Å². The Kier molecular flexibility index (Phi) is 5.08. The highest BCUT2D eigenvalue weighted by Crippen LogP contribution is 2.30. The molecule has 1 aromatic carbocycles. The van der Waals surface area contributed by atoms with Gasteiger partial charge in [0.1, 0.15) is 11.5 Å². The number of hydrogen-bond acceptors (Lipinski definition) is 4. The normalized spacial score (nSPS) is 12.2. The largest absolute Gasteiger partial charge is 0.497 e. The van der Waals surface area contributed by atoms with E-state index in [4.69, 9.17) is 14.2 Å². The van der Waals surface area contributed by atoms with Crippen LogP contribution in [0.15, 0.2) is 18.2 Å². The summed E-state index contributed by atoms with van der Waals surface area (Å²) in [6.45, 7) is 0.510. The van der Waals surface area contributed by atoms with E-state index < -0.39 is 6.10 Å². The Labute approximate surface area is 95.8 Å². The Morgan fingerprint density at radius 2 is 1.94 bits per heavy atom. The zero-order valence-electron chi connectivity index (χ0n) is 9.90. The fourth-order valence-corrected chi connectivity index (χ4v) is 1.48. The molecule has 4 nitrogen and oxygen atoms in total. The minimum absolute atomic E-state index is 0.510. The minimum Gasteiger partial charge on any atom is -0.497 e. The lowest BCUT2D eigenvalue weighted by Crippen LogP contribution is -2.04. The quantitative estimate of drug-likeness (QED) is 0.803. The van der Waals surface area contributed by atoms with Gasteiger partial charge in [-0.25, -0.2) is 0 Å². The molecule has 0 amide bonds. The van der Waals surface area contributed by atoms with Gasteiger partial charge in [0, 0.05) is 31.8 Å². The van der Waals surface area contributed by atoms with E-state index in [0.717, 1.165) is 5.56 Å². The molecule has 1 unspecified atom stereocenters. The van der Waals surface area contributed by atoms with Crippen LogP contribution in [-0.2, 0) is 4.74 Å². The fourth-order valence-electron chi connectivity index (χ4n) is 1.48. The Hall–Kier alpha value is -1.26. The maximum Gasteiger partial charge on any atom is 0.128 e. The molecule has 4 heteroatoms. The molecule has 1 atom stereocenters. The van der Waals surface area contributed by atoms with Gasteiger partial charge in [0.15, 0.2) is 0 Å². The molecule has 0 aliphatic rings. The van der Waals surface area contributed by atoms with Gasteiger partial charge in [-0.1, -0.05) is 0 Å².